The Bertz CT molecular complexity index is 503. The van der Waals surface area contributed by atoms with Crippen LogP contribution in [0, 0.1) is 13.8 Å². The number of halogens is 1. The highest BCUT2D eigenvalue weighted by Gasteiger charge is 2.11. The quantitative estimate of drug-likeness (QED) is 0.918. The van der Waals surface area contributed by atoms with Crippen LogP contribution in [0.2, 0.25) is 5.15 Å². The maximum absolute atomic E-state index is 6.13. The predicted octanol–water partition coefficient (Wildman–Crippen LogP) is 2.76. The Morgan fingerprint density at radius 2 is 2.25 bits per heavy atom. The van der Waals surface area contributed by atoms with E-state index in [-0.39, 0.29) is 0 Å². The number of rotatable bonds is 3. The van der Waals surface area contributed by atoms with Gasteiger partial charge in [0.2, 0.25) is 0 Å². The van der Waals surface area contributed by atoms with Gasteiger partial charge in [-0.3, -0.25) is 4.68 Å². The molecule has 2 rings (SSSR count). The summed E-state index contributed by atoms with van der Waals surface area (Å²) < 4.78 is 1.68. The van der Waals surface area contributed by atoms with E-state index in [4.69, 9.17) is 11.6 Å². The molecule has 0 aliphatic heterocycles. The third-order valence-electron chi connectivity index (χ3n) is 2.31. The molecule has 0 saturated carbocycles. The number of aryl methyl sites for hydroxylation is 3. The van der Waals surface area contributed by atoms with Gasteiger partial charge < -0.3 is 5.32 Å². The topological polar surface area (TPSA) is 42.7 Å². The fourth-order valence-corrected chi connectivity index (χ4v) is 2.38. The fourth-order valence-electron chi connectivity index (χ4n) is 1.48. The molecular weight excluding hydrogens is 244 g/mol. The van der Waals surface area contributed by atoms with Crippen LogP contribution in [0.4, 0.5) is 5.13 Å². The lowest BCUT2D eigenvalue weighted by molar-refractivity contribution is 0.757. The van der Waals surface area contributed by atoms with Crippen molar-refractivity contribution < 1.29 is 0 Å². The van der Waals surface area contributed by atoms with E-state index in [9.17, 15) is 0 Å². The molecule has 0 saturated heterocycles. The second-order valence-electron chi connectivity index (χ2n) is 3.61. The van der Waals surface area contributed by atoms with Crippen molar-refractivity contribution in [3.05, 3.63) is 27.5 Å². The van der Waals surface area contributed by atoms with Crippen molar-refractivity contribution in [3.8, 4) is 0 Å². The Morgan fingerprint density at radius 1 is 1.50 bits per heavy atom. The van der Waals surface area contributed by atoms with Crippen LogP contribution < -0.4 is 5.32 Å². The monoisotopic (exact) mass is 256 g/mol. The largest absolute Gasteiger partial charge is 0.357 e. The number of aromatic nitrogens is 3. The molecule has 6 heteroatoms. The summed E-state index contributed by atoms with van der Waals surface area (Å²) in [6.07, 6.45) is 1.85. The van der Waals surface area contributed by atoms with Crippen LogP contribution in [0.15, 0.2) is 6.20 Å². The minimum absolute atomic E-state index is 0.658. The lowest BCUT2D eigenvalue weighted by Crippen LogP contribution is -2.00. The van der Waals surface area contributed by atoms with E-state index in [1.807, 2.05) is 27.1 Å². The molecule has 0 radical (unpaired) electrons. The number of anilines is 1. The summed E-state index contributed by atoms with van der Waals surface area (Å²) in [5, 5.41) is 9.09. The summed E-state index contributed by atoms with van der Waals surface area (Å²) in [6.45, 7) is 4.65. The normalized spacial score (nSPS) is 10.8. The third kappa shape index (κ3) is 2.20. The van der Waals surface area contributed by atoms with Crippen molar-refractivity contribution in [3.63, 3.8) is 0 Å². The highest BCUT2D eigenvalue weighted by molar-refractivity contribution is 7.15. The summed E-state index contributed by atoms with van der Waals surface area (Å²) in [5.74, 6) is 0. The lowest BCUT2D eigenvalue weighted by Gasteiger charge is -2.01. The van der Waals surface area contributed by atoms with Crippen molar-refractivity contribution in [2.45, 2.75) is 20.4 Å². The standard InChI is InChI=1S/C10H13ClN4S/c1-6-4-12-10(16-6)13-5-8-7(2)14-15(3)9(8)11/h4H,5H2,1-3H3,(H,12,13). The zero-order chi connectivity index (χ0) is 11.7. The zero-order valence-corrected chi connectivity index (χ0v) is 11.0. The molecule has 0 fully saturated rings. The maximum Gasteiger partial charge on any atom is 0.183 e. The van der Waals surface area contributed by atoms with Crippen molar-refractivity contribution in [1.29, 1.82) is 0 Å². The third-order valence-corrected chi connectivity index (χ3v) is 3.65. The Balaban J connectivity index is 2.10. The van der Waals surface area contributed by atoms with Crippen LogP contribution in [0.1, 0.15) is 16.1 Å². The molecule has 1 N–H and O–H groups in total. The molecule has 2 aromatic rings. The average molecular weight is 257 g/mol. The van der Waals surface area contributed by atoms with E-state index in [2.05, 4.69) is 15.4 Å². The van der Waals surface area contributed by atoms with Gasteiger partial charge in [-0.1, -0.05) is 11.6 Å². The van der Waals surface area contributed by atoms with E-state index in [0.29, 0.717) is 11.7 Å². The smallest absolute Gasteiger partial charge is 0.183 e. The van der Waals surface area contributed by atoms with Gasteiger partial charge in [0, 0.05) is 30.2 Å². The van der Waals surface area contributed by atoms with Gasteiger partial charge in [-0.25, -0.2) is 4.98 Å². The van der Waals surface area contributed by atoms with Crippen molar-refractivity contribution in [1.82, 2.24) is 14.8 Å². The fraction of sp³-hybridized carbons (Fsp3) is 0.400. The first-order chi connectivity index (χ1) is 7.58. The van der Waals surface area contributed by atoms with Crippen LogP contribution in [0.25, 0.3) is 0 Å². The second-order valence-corrected chi connectivity index (χ2v) is 5.20. The molecule has 0 spiro atoms. The predicted molar refractivity (Wildman–Crippen MR) is 67.1 cm³/mol. The first kappa shape index (κ1) is 11.4. The molecule has 0 atom stereocenters. The molecule has 4 nitrogen and oxygen atoms in total. The summed E-state index contributed by atoms with van der Waals surface area (Å²) in [7, 11) is 1.84. The van der Waals surface area contributed by atoms with Gasteiger partial charge in [0.15, 0.2) is 5.13 Å². The van der Waals surface area contributed by atoms with Gasteiger partial charge >= 0.3 is 0 Å². The van der Waals surface area contributed by atoms with Crippen molar-refractivity contribution >= 4 is 28.1 Å². The molecule has 0 amide bonds. The summed E-state index contributed by atoms with van der Waals surface area (Å²) in [6, 6.07) is 0. The molecule has 16 heavy (non-hydrogen) atoms. The molecule has 2 aromatic heterocycles. The number of hydrogen-bond acceptors (Lipinski definition) is 4. The molecule has 0 unspecified atom stereocenters. The van der Waals surface area contributed by atoms with E-state index in [0.717, 1.165) is 16.4 Å². The van der Waals surface area contributed by atoms with Gasteiger partial charge in [0.05, 0.1) is 5.69 Å². The maximum atomic E-state index is 6.13. The Hall–Kier alpha value is -1.07. The van der Waals surface area contributed by atoms with Gasteiger partial charge in [-0.2, -0.15) is 5.10 Å². The molecule has 2 heterocycles. The van der Waals surface area contributed by atoms with Gasteiger partial charge in [-0.05, 0) is 13.8 Å². The Morgan fingerprint density at radius 3 is 2.75 bits per heavy atom. The van der Waals surface area contributed by atoms with Crippen LogP contribution in [-0.2, 0) is 13.6 Å². The zero-order valence-electron chi connectivity index (χ0n) is 9.41. The van der Waals surface area contributed by atoms with Gasteiger partial charge in [-0.15, -0.1) is 11.3 Å². The number of thiazole rings is 1. The molecular formula is C10H13ClN4S. The van der Waals surface area contributed by atoms with Gasteiger partial charge in [0.1, 0.15) is 5.15 Å². The SMILES string of the molecule is Cc1cnc(NCc2c(C)nn(C)c2Cl)s1. The Labute approximate surface area is 103 Å². The highest BCUT2D eigenvalue weighted by Crippen LogP contribution is 2.22. The molecule has 0 aliphatic carbocycles. The molecule has 86 valence electrons. The molecule has 0 aliphatic rings. The number of hydrogen-bond donors (Lipinski definition) is 1. The van der Waals surface area contributed by atoms with Crippen LogP contribution in [0.3, 0.4) is 0 Å². The van der Waals surface area contributed by atoms with E-state index >= 15 is 0 Å². The number of nitrogens with zero attached hydrogens (tertiary/aromatic N) is 3. The van der Waals surface area contributed by atoms with Crippen molar-refractivity contribution in [2.24, 2.45) is 7.05 Å². The van der Waals surface area contributed by atoms with Crippen LogP contribution in [0.5, 0.6) is 0 Å². The molecule has 0 aromatic carbocycles. The van der Waals surface area contributed by atoms with Crippen LogP contribution in [-0.4, -0.2) is 14.8 Å². The van der Waals surface area contributed by atoms with Gasteiger partial charge in [0.25, 0.3) is 0 Å². The second kappa shape index (κ2) is 4.43. The first-order valence-corrected chi connectivity index (χ1v) is 6.11. The highest BCUT2D eigenvalue weighted by atomic mass is 35.5. The first-order valence-electron chi connectivity index (χ1n) is 4.92. The molecule has 0 bridgehead atoms. The van der Waals surface area contributed by atoms with E-state index < -0.39 is 0 Å². The lowest BCUT2D eigenvalue weighted by atomic mass is 10.3. The minimum Gasteiger partial charge on any atom is -0.357 e. The summed E-state index contributed by atoms with van der Waals surface area (Å²) in [4.78, 5) is 5.43. The number of nitrogens with one attached hydrogen (secondary N) is 1. The van der Waals surface area contributed by atoms with E-state index in [1.165, 1.54) is 4.88 Å². The average Bonchev–Trinajstić information content (AvgIpc) is 2.72. The summed E-state index contributed by atoms with van der Waals surface area (Å²) in [5.41, 5.74) is 1.98. The van der Waals surface area contributed by atoms with Crippen molar-refractivity contribution in [2.75, 3.05) is 5.32 Å². The van der Waals surface area contributed by atoms with E-state index in [1.54, 1.807) is 16.0 Å². The minimum atomic E-state index is 0.658. The van der Waals surface area contributed by atoms with Crippen LogP contribution >= 0.6 is 22.9 Å². The Kier molecular flexibility index (Phi) is 3.16. The summed E-state index contributed by atoms with van der Waals surface area (Å²) >= 11 is 7.76.